The van der Waals surface area contributed by atoms with Crippen molar-refractivity contribution >= 4 is 11.8 Å². The molecule has 0 N–H and O–H groups in total. The zero-order valence-electron chi connectivity index (χ0n) is 15.1. The zero-order valence-corrected chi connectivity index (χ0v) is 15.1. The molecule has 0 bridgehead atoms. The second-order valence-corrected chi connectivity index (χ2v) is 7.01. The van der Waals surface area contributed by atoms with E-state index >= 15 is 0 Å². The summed E-state index contributed by atoms with van der Waals surface area (Å²) in [4.78, 5) is 16.6. The Morgan fingerprint density at radius 2 is 1.72 bits per heavy atom. The summed E-state index contributed by atoms with van der Waals surface area (Å²) in [6.07, 6.45) is 4.48. The topological polar surface area (TPSA) is 66.2 Å². The van der Waals surface area contributed by atoms with Crippen LogP contribution in [0.2, 0.25) is 0 Å². The first kappa shape index (κ1) is 16.3. The third-order valence-electron chi connectivity index (χ3n) is 4.95. The van der Waals surface area contributed by atoms with E-state index in [1.54, 1.807) is 4.68 Å². The fourth-order valence-electron chi connectivity index (χ4n) is 3.59. The highest BCUT2D eigenvalue weighted by atomic mass is 15.4. The van der Waals surface area contributed by atoms with Crippen molar-refractivity contribution in [3.05, 3.63) is 23.7 Å². The number of nitrogens with zero attached hydrogens (tertiary/aromatic N) is 8. The Morgan fingerprint density at radius 1 is 0.960 bits per heavy atom. The van der Waals surface area contributed by atoms with Gasteiger partial charge in [-0.05, 0) is 19.8 Å². The van der Waals surface area contributed by atoms with Crippen LogP contribution in [0.3, 0.4) is 0 Å². The van der Waals surface area contributed by atoms with E-state index in [4.69, 9.17) is 4.98 Å². The highest BCUT2D eigenvalue weighted by Gasteiger charge is 2.21. The number of aryl methyl sites for hydroxylation is 2. The van der Waals surface area contributed by atoms with Gasteiger partial charge in [0.05, 0.1) is 5.69 Å². The highest BCUT2D eigenvalue weighted by Crippen LogP contribution is 2.22. The van der Waals surface area contributed by atoms with Gasteiger partial charge in [0.25, 0.3) is 0 Å². The van der Waals surface area contributed by atoms with E-state index < -0.39 is 0 Å². The van der Waals surface area contributed by atoms with Gasteiger partial charge in [0.15, 0.2) is 0 Å². The standard InChI is InChI=1S/C17H26N8/c1-14-11-16(19-17(18-14)25-5-3-4-6-25)24-9-7-23(8-10-24)13-15-12-22(2)21-20-15/h11-12H,3-10,13H2,1-2H3. The highest BCUT2D eigenvalue weighted by molar-refractivity contribution is 5.46. The fraction of sp³-hybridized carbons (Fsp3) is 0.647. The molecule has 2 fully saturated rings. The molecule has 8 heteroatoms. The number of piperazine rings is 1. The van der Waals surface area contributed by atoms with Crippen LogP contribution in [0.15, 0.2) is 12.3 Å². The lowest BCUT2D eigenvalue weighted by molar-refractivity contribution is 0.246. The molecule has 0 atom stereocenters. The monoisotopic (exact) mass is 342 g/mol. The normalized spacial score (nSPS) is 19.0. The summed E-state index contributed by atoms with van der Waals surface area (Å²) in [5.74, 6) is 1.96. The molecule has 0 radical (unpaired) electrons. The maximum absolute atomic E-state index is 4.85. The molecule has 2 aliphatic rings. The van der Waals surface area contributed by atoms with Crippen LogP contribution in [0, 0.1) is 6.92 Å². The molecule has 25 heavy (non-hydrogen) atoms. The molecular formula is C17H26N8. The minimum absolute atomic E-state index is 0.865. The molecule has 0 amide bonds. The second kappa shape index (κ2) is 6.95. The Morgan fingerprint density at radius 3 is 2.40 bits per heavy atom. The predicted octanol–water partition coefficient (Wildman–Crippen LogP) is 0.836. The first-order valence-electron chi connectivity index (χ1n) is 9.10. The lowest BCUT2D eigenvalue weighted by Gasteiger charge is -2.35. The first-order valence-corrected chi connectivity index (χ1v) is 9.10. The minimum Gasteiger partial charge on any atom is -0.354 e. The summed E-state index contributed by atoms with van der Waals surface area (Å²) in [5, 5.41) is 8.20. The van der Waals surface area contributed by atoms with Crippen LogP contribution in [0.5, 0.6) is 0 Å². The summed E-state index contributed by atoms with van der Waals surface area (Å²) in [5.41, 5.74) is 2.08. The Balaban J connectivity index is 1.40. The van der Waals surface area contributed by atoms with Gasteiger partial charge in [-0.25, -0.2) is 4.98 Å². The summed E-state index contributed by atoms with van der Waals surface area (Å²) in [6, 6.07) is 2.11. The third-order valence-corrected chi connectivity index (χ3v) is 4.95. The van der Waals surface area contributed by atoms with Crippen LogP contribution in [0.25, 0.3) is 0 Å². The van der Waals surface area contributed by atoms with Crippen molar-refractivity contribution in [2.24, 2.45) is 7.05 Å². The quantitative estimate of drug-likeness (QED) is 0.815. The summed E-state index contributed by atoms with van der Waals surface area (Å²) < 4.78 is 1.76. The van der Waals surface area contributed by atoms with Crippen LogP contribution in [-0.4, -0.2) is 69.1 Å². The molecule has 4 heterocycles. The average molecular weight is 342 g/mol. The van der Waals surface area contributed by atoms with Gasteiger partial charge < -0.3 is 9.80 Å². The largest absolute Gasteiger partial charge is 0.354 e. The van der Waals surface area contributed by atoms with Crippen molar-refractivity contribution in [1.82, 2.24) is 29.9 Å². The molecule has 2 aromatic rings. The van der Waals surface area contributed by atoms with Gasteiger partial charge in [-0.15, -0.1) is 5.10 Å². The van der Waals surface area contributed by atoms with E-state index in [1.165, 1.54) is 12.8 Å². The molecule has 2 aliphatic heterocycles. The van der Waals surface area contributed by atoms with Crippen LogP contribution >= 0.6 is 0 Å². The van der Waals surface area contributed by atoms with E-state index in [0.29, 0.717) is 0 Å². The molecular weight excluding hydrogens is 316 g/mol. The number of hydrogen-bond donors (Lipinski definition) is 0. The molecule has 0 unspecified atom stereocenters. The molecule has 0 saturated carbocycles. The zero-order chi connectivity index (χ0) is 17.2. The number of hydrogen-bond acceptors (Lipinski definition) is 7. The maximum Gasteiger partial charge on any atom is 0.227 e. The molecule has 8 nitrogen and oxygen atoms in total. The summed E-state index contributed by atoms with van der Waals surface area (Å²) in [6.45, 7) is 9.08. The summed E-state index contributed by atoms with van der Waals surface area (Å²) in [7, 11) is 1.91. The minimum atomic E-state index is 0.865. The number of aromatic nitrogens is 5. The van der Waals surface area contributed by atoms with Crippen molar-refractivity contribution in [1.29, 1.82) is 0 Å². The van der Waals surface area contributed by atoms with Gasteiger partial charge in [0, 0.05) is 70.8 Å². The molecule has 0 spiro atoms. The van der Waals surface area contributed by atoms with Crippen LogP contribution < -0.4 is 9.80 Å². The average Bonchev–Trinajstić information content (AvgIpc) is 3.27. The van der Waals surface area contributed by atoms with Crippen LogP contribution in [-0.2, 0) is 13.6 Å². The van der Waals surface area contributed by atoms with Gasteiger partial charge in [-0.2, -0.15) is 4.98 Å². The Labute approximate surface area is 148 Å². The van der Waals surface area contributed by atoms with Gasteiger partial charge >= 0.3 is 0 Å². The summed E-state index contributed by atoms with van der Waals surface area (Å²) >= 11 is 0. The van der Waals surface area contributed by atoms with Gasteiger partial charge in [0.2, 0.25) is 5.95 Å². The molecule has 2 saturated heterocycles. The molecule has 134 valence electrons. The fourth-order valence-corrected chi connectivity index (χ4v) is 3.59. The Kier molecular flexibility index (Phi) is 4.52. The van der Waals surface area contributed by atoms with Gasteiger partial charge in [0.1, 0.15) is 5.82 Å². The predicted molar refractivity (Wildman–Crippen MR) is 96.7 cm³/mol. The van der Waals surface area contributed by atoms with Crippen molar-refractivity contribution in [3.63, 3.8) is 0 Å². The van der Waals surface area contributed by atoms with Crippen LogP contribution in [0.1, 0.15) is 24.2 Å². The maximum atomic E-state index is 4.85. The van der Waals surface area contributed by atoms with Crippen molar-refractivity contribution < 1.29 is 0 Å². The second-order valence-electron chi connectivity index (χ2n) is 7.01. The molecule has 4 rings (SSSR count). The lowest BCUT2D eigenvalue weighted by atomic mass is 10.3. The van der Waals surface area contributed by atoms with E-state index in [9.17, 15) is 0 Å². The Hall–Kier alpha value is -2.22. The number of rotatable bonds is 4. The third kappa shape index (κ3) is 3.73. The van der Waals surface area contributed by atoms with Gasteiger partial charge in [-0.3, -0.25) is 9.58 Å². The smallest absolute Gasteiger partial charge is 0.227 e. The van der Waals surface area contributed by atoms with Crippen LogP contribution in [0.4, 0.5) is 11.8 Å². The molecule has 2 aromatic heterocycles. The lowest BCUT2D eigenvalue weighted by Crippen LogP contribution is -2.46. The number of anilines is 2. The first-order chi connectivity index (χ1) is 12.2. The van der Waals surface area contributed by atoms with Crippen molar-refractivity contribution in [2.75, 3.05) is 49.1 Å². The van der Waals surface area contributed by atoms with E-state index in [0.717, 1.165) is 69.0 Å². The van der Waals surface area contributed by atoms with E-state index in [1.807, 2.05) is 13.2 Å². The SMILES string of the molecule is Cc1cc(N2CCN(Cc3cn(C)nn3)CC2)nc(N2CCCC2)n1. The van der Waals surface area contributed by atoms with E-state index in [2.05, 4.69) is 43.0 Å². The van der Waals surface area contributed by atoms with E-state index in [-0.39, 0.29) is 0 Å². The molecule has 0 aliphatic carbocycles. The van der Waals surface area contributed by atoms with Crippen molar-refractivity contribution in [2.45, 2.75) is 26.3 Å². The Bertz CT molecular complexity index is 713. The molecule has 0 aromatic carbocycles. The van der Waals surface area contributed by atoms with Crippen molar-refractivity contribution in [3.8, 4) is 0 Å². The van der Waals surface area contributed by atoms with Gasteiger partial charge in [-0.1, -0.05) is 5.21 Å².